The molecule has 2 heterocycles. The Bertz CT molecular complexity index is 648. The van der Waals surface area contributed by atoms with Crippen molar-refractivity contribution in [2.75, 3.05) is 12.1 Å². The van der Waals surface area contributed by atoms with Crippen LogP contribution in [0.4, 0.5) is 5.69 Å². The number of aryl methyl sites for hydroxylation is 1. The molecule has 0 radical (unpaired) electrons. The summed E-state index contributed by atoms with van der Waals surface area (Å²) in [6.07, 6.45) is 0. The molecule has 2 aromatic rings. The highest BCUT2D eigenvalue weighted by molar-refractivity contribution is 6.04. The van der Waals surface area contributed by atoms with Crippen molar-refractivity contribution in [2.45, 2.75) is 13.8 Å². The van der Waals surface area contributed by atoms with Gasteiger partial charge in [0.1, 0.15) is 5.76 Å². The SMILES string of the molecule is Cc1onc(C(=O)Nc2ccc3c(c2)OCO3)c1C. The minimum Gasteiger partial charge on any atom is -0.454 e. The summed E-state index contributed by atoms with van der Waals surface area (Å²) in [6.45, 7) is 3.76. The fourth-order valence-electron chi connectivity index (χ4n) is 1.79. The second-order valence-electron chi connectivity index (χ2n) is 4.23. The maximum absolute atomic E-state index is 12.0. The lowest BCUT2D eigenvalue weighted by atomic mass is 10.2. The average Bonchev–Trinajstić information content (AvgIpc) is 2.97. The summed E-state index contributed by atoms with van der Waals surface area (Å²) in [5.41, 5.74) is 1.64. The Kier molecular flexibility index (Phi) is 2.63. The second kappa shape index (κ2) is 4.31. The Hall–Kier alpha value is -2.50. The van der Waals surface area contributed by atoms with Crippen molar-refractivity contribution in [1.82, 2.24) is 5.16 Å². The zero-order valence-corrected chi connectivity index (χ0v) is 10.5. The van der Waals surface area contributed by atoms with Gasteiger partial charge in [0.25, 0.3) is 5.91 Å². The third-order valence-corrected chi connectivity index (χ3v) is 3.00. The van der Waals surface area contributed by atoms with Gasteiger partial charge in [-0.2, -0.15) is 0 Å². The van der Waals surface area contributed by atoms with E-state index >= 15 is 0 Å². The Morgan fingerprint density at radius 2 is 2.05 bits per heavy atom. The van der Waals surface area contributed by atoms with E-state index in [9.17, 15) is 4.79 Å². The number of amides is 1. The van der Waals surface area contributed by atoms with Gasteiger partial charge in [0.15, 0.2) is 17.2 Å². The van der Waals surface area contributed by atoms with Crippen LogP contribution in [0.3, 0.4) is 0 Å². The van der Waals surface area contributed by atoms with Crippen LogP contribution in [0.1, 0.15) is 21.8 Å². The summed E-state index contributed by atoms with van der Waals surface area (Å²) in [5, 5.41) is 6.49. The first-order chi connectivity index (χ1) is 9.15. The molecule has 0 saturated carbocycles. The molecule has 6 nitrogen and oxygen atoms in total. The van der Waals surface area contributed by atoms with Crippen LogP contribution in [0.2, 0.25) is 0 Å². The van der Waals surface area contributed by atoms with E-state index in [2.05, 4.69) is 10.5 Å². The number of nitrogens with zero attached hydrogens (tertiary/aromatic N) is 1. The monoisotopic (exact) mass is 260 g/mol. The minimum atomic E-state index is -0.312. The number of anilines is 1. The Labute approximate surface area is 109 Å². The fourth-order valence-corrected chi connectivity index (χ4v) is 1.79. The molecule has 1 aliphatic heterocycles. The molecule has 1 aliphatic rings. The van der Waals surface area contributed by atoms with Gasteiger partial charge in [-0.15, -0.1) is 0 Å². The average molecular weight is 260 g/mol. The predicted molar refractivity (Wildman–Crippen MR) is 66.5 cm³/mol. The number of carbonyl (C=O) groups is 1. The molecule has 1 aromatic carbocycles. The molecule has 0 fully saturated rings. The standard InChI is InChI=1S/C13H12N2O4/c1-7-8(2)19-15-12(7)13(16)14-9-3-4-10-11(5-9)18-6-17-10/h3-5H,6H2,1-2H3,(H,14,16). The first kappa shape index (κ1) is 11.6. The van der Waals surface area contributed by atoms with E-state index in [0.717, 1.165) is 5.56 Å². The first-order valence-corrected chi connectivity index (χ1v) is 5.79. The highest BCUT2D eigenvalue weighted by Gasteiger charge is 2.18. The smallest absolute Gasteiger partial charge is 0.278 e. The number of carbonyl (C=O) groups excluding carboxylic acids is 1. The zero-order valence-electron chi connectivity index (χ0n) is 10.5. The van der Waals surface area contributed by atoms with E-state index in [1.165, 1.54) is 0 Å². The van der Waals surface area contributed by atoms with Crippen LogP contribution in [0, 0.1) is 13.8 Å². The van der Waals surface area contributed by atoms with Crippen molar-refractivity contribution in [3.63, 3.8) is 0 Å². The molecule has 6 heteroatoms. The molecule has 0 spiro atoms. The number of ether oxygens (including phenoxy) is 2. The summed E-state index contributed by atoms with van der Waals surface area (Å²) in [4.78, 5) is 12.0. The maximum Gasteiger partial charge on any atom is 0.278 e. The number of benzene rings is 1. The highest BCUT2D eigenvalue weighted by atomic mass is 16.7. The van der Waals surface area contributed by atoms with Crippen molar-refractivity contribution >= 4 is 11.6 Å². The van der Waals surface area contributed by atoms with Gasteiger partial charge >= 0.3 is 0 Å². The van der Waals surface area contributed by atoms with Gasteiger partial charge in [0, 0.05) is 17.3 Å². The van der Waals surface area contributed by atoms with Gasteiger partial charge in [0.05, 0.1) is 0 Å². The van der Waals surface area contributed by atoms with Crippen molar-refractivity contribution in [1.29, 1.82) is 0 Å². The molecular formula is C13H12N2O4. The number of hydrogen-bond acceptors (Lipinski definition) is 5. The topological polar surface area (TPSA) is 73.6 Å². The quantitative estimate of drug-likeness (QED) is 0.896. The zero-order chi connectivity index (χ0) is 13.4. The Morgan fingerprint density at radius 3 is 2.79 bits per heavy atom. The van der Waals surface area contributed by atoms with Crippen LogP contribution in [0.25, 0.3) is 0 Å². The summed E-state index contributed by atoms with van der Waals surface area (Å²) >= 11 is 0. The molecule has 0 bridgehead atoms. The van der Waals surface area contributed by atoms with Crippen molar-refractivity contribution < 1.29 is 18.8 Å². The molecule has 19 heavy (non-hydrogen) atoms. The van der Waals surface area contributed by atoms with E-state index in [4.69, 9.17) is 14.0 Å². The molecule has 0 saturated heterocycles. The lowest BCUT2D eigenvalue weighted by Gasteiger charge is -2.04. The normalized spacial score (nSPS) is 12.5. The number of hydrogen-bond donors (Lipinski definition) is 1. The van der Waals surface area contributed by atoms with Gasteiger partial charge in [-0.3, -0.25) is 4.79 Å². The molecule has 1 aromatic heterocycles. The molecule has 0 aliphatic carbocycles. The highest BCUT2D eigenvalue weighted by Crippen LogP contribution is 2.34. The maximum atomic E-state index is 12.0. The fraction of sp³-hybridized carbons (Fsp3) is 0.231. The molecule has 0 atom stereocenters. The van der Waals surface area contributed by atoms with Crippen LogP contribution in [-0.2, 0) is 0 Å². The molecule has 3 rings (SSSR count). The Balaban J connectivity index is 1.82. The van der Waals surface area contributed by atoms with Crippen molar-refractivity contribution in [3.8, 4) is 11.5 Å². The van der Waals surface area contributed by atoms with Crippen LogP contribution >= 0.6 is 0 Å². The van der Waals surface area contributed by atoms with Crippen LogP contribution < -0.4 is 14.8 Å². The summed E-state index contributed by atoms with van der Waals surface area (Å²) in [6, 6.07) is 5.20. The van der Waals surface area contributed by atoms with E-state index in [1.54, 1.807) is 32.0 Å². The molecule has 1 N–H and O–H groups in total. The van der Waals surface area contributed by atoms with Gasteiger partial charge in [0.2, 0.25) is 6.79 Å². The lowest BCUT2D eigenvalue weighted by Crippen LogP contribution is -2.13. The summed E-state index contributed by atoms with van der Waals surface area (Å²) in [5.74, 6) is 1.61. The van der Waals surface area contributed by atoms with Gasteiger partial charge in [-0.25, -0.2) is 0 Å². The van der Waals surface area contributed by atoms with E-state index in [0.29, 0.717) is 22.9 Å². The summed E-state index contributed by atoms with van der Waals surface area (Å²) in [7, 11) is 0. The van der Waals surface area contributed by atoms with Gasteiger partial charge < -0.3 is 19.3 Å². The first-order valence-electron chi connectivity index (χ1n) is 5.79. The molecular weight excluding hydrogens is 248 g/mol. The van der Waals surface area contributed by atoms with Gasteiger partial charge in [-0.05, 0) is 26.0 Å². The minimum absolute atomic E-state index is 0.203. The van der Waals surface area contributed by atoms with Crippen molar-refractivity contribution in [2.24, 2.45) is 0 Å². The summed E-state index contributed by atoms with van der Waals surface area (Å²) < 4.78 is 15.4. The lowest BCUT2D eigenvalue weighted by molar-refractivity contribution is 0.101. The molecule has 98 valence electrons. The number of rotatable bonds is 2. The number of fused-ring (bicyclic) bond motifs is 1. The van der Waals surface area contributed by atoms with Crippen LogP contribution in [0.15, 0.2) is 22.7 Å². The Morgan fingerprint density at radius 1 is 1.26 bits per heavy atom. The van der Waals surface area contributed by atoms with E-state index < -0.39 is 0 Å². The largest absolute Gasteiger partial charge is 0.454 e. The third-order valence-electron chi connectivity index (χ3n) is 3.00. The second-order valence-corrected chi connectivity index (χ2v) is 4.23. The number of nitrogens with one attached hydrogen (secondary N) is 1. The number of aromatic nitrogens is 1. The third kappa shape index (κ3) is 2.01. The van der Waals surface area contributed by atoms with Crippen LogP contribution in [-0.4, -0.2) is 17.9 Å². The predicted octanol–water partition coefficient (Wildman–Crippen LogP) is 2.27. The van der Waals surface area contributed by atoms with Crippen LogP contribution in [0.5, 0.6) is 11.5 Å². The van der Waals surface area contributed by atoms with E-state index in [1.807, 2.05) is 0 Å². The molecule has 1 amide bonds. The van der Waals surface area contributed by atoms with E-state index in [-0.39, 0.29) is 18.4 Å². The van der Waals surface area contributed by atoms with Gasteiger partial charge in [-0.1, -0.05) is 5.16 Å². The van der Waals surface area contributed by atoms with Crippen molar-refractivity contribution in [3.05, 3.63) is 35.2 Å². The molecule has 0 unspecified atom stereocenters.